The molecule has 0 bridgehead atoms. The fourth-order valence-corrected chi connectivity index (χ4v) is 2.09. The Hall–Kier alpha value is -1.58. The van der Waals surface area contributed by atoms with Crippen LogP contribution in [0.25, 0.3) is 0 Å². The average molecular weight is 281 g/mol. The molecule has 100 valence electrons. The lowest BCUT2D eigenvalue weighted by atomic mass is 10.1. The molecule has 1 atom stereocenters. The van der Waals surface area contributed by atoms with Gasteiger partial charge < -0.3 is 9.84 Å². The van der Waals surface area contributed by atoms with E-state index in [9.17, 15) is 9.50 Å². The normalized spacial score (nSPS) is 12.3. The molecule has 2 aromatic rings. The molecule has 1 unspecified atom stereocenters. The van der Waals surface area contributed by atoms with Crippen molar-refractivity contribution in [1.82, 2.24) is 0 Å². The first-order chi connectivity index (χ1) is 8.99. The maximum absolute atomic E-state index is 13.7. The van der Waals surface area contributed by atoms with Crippen LogP contribution in [-0.4, -0.2) is 5.11 Å². The molecule has 2 aromatic carbocycles. The van der Waals surface area contributed by atoms with Crippen LogP contribution in [0.4, 0.5) is 4.39 Å². The number of aliphatic hydroxyl groups is 1. The monoisotopic (exact) mass is 280 g/mol. The summed E-state index contributed by atoms with van der Waals surface area (Å²) in [4.78, 5) is 0. The topological polar surface area (TPSA) is 29.5 Å². The second-order valence-electron chi connectivity index (χ2n) is 4.36. The molecular formula is C15H14ClFO2. The standard InChI is InChI=1S/C15H14ClFO2/c1-9-6-7-13(11(16)8-9)19-14-5-3-4-12(17)15(14)10(2)18/h3-8,10,18H,1-2H3. The fourth-order valence-electron chi connectivity index (χ4n) is 1.82. The number of rotatable bonds is 3. The molecule has 0 aliphatic rings. The smallest absolute Gasteiger partial charge is 0.146 e. The van der Waals surface area contributed by atoms with Crippen molar-refractivity contribution in [3.8, 4) is 11.5 Å². The largest absolute Gasteiger partial charge is 0.455 e. The number of ether oxygens (including phenoxy) is 1. The van der Waals surface area contributed by atoms with E-state index in [4.69, 9.17) is 16.3 Å². The number of hydrogen-bond acceptors (Lipinski definition) is 2. The van der Waals surface area contributed by atoms with Crippen molar-refractivity contribution < 1.29 is 14.2 Å². The molecule has 2 nitrogen and oxygen atoms in total. The van der Waals surface area contributed by atoms with Crippen molar-refractivity contribution in [2.45, 2.75) is 20.0 Å². The molecule has 0 amide bonds. The highest BCUT2D eigenvalue weighted by molar-refractivity contribution is 6.32. The Morgan fingerprint density at radius 1 is 1.21 bits per heavy atom. The molecule has 0 fully saturated rings. The number of benzene rings is 2. The van der Waals surface area contributed by atoms with Crippen molar-refractivity contribution in [3.05, 3.63) is 58.4 Å². The molecule has 0 saturated heterocycles. The van der Waals surface area contributed by atoms with E-state index < -0.39 is 11.9 Å². The predicted molar refractivity (Wildman–Crippen MR) is 73.3 cm³/mol. The summed E-state index contributed by atoms with van der Waals surface area (Å²) in [6.07, 6.45) is -0.958. The number of hydrogen-bond donors (Lipinski definition) is 1. The summed E-state index contributed by atoms with van der Waals surface area (Å²) in [5, 5.41) is 10.1. The molecule has 0 aliphatic carbocycles. The van der Waals surface area contributed by atoms with Crippen LogP contribution in [0.1, 0.15) is 24.2 Å². The lowest BCUT2D eigenvalue weighted by molar-refractivity contribution is 0.190. The average Bonchev–Trinajstić information content (AvgIpc) is 2.32. The molecule has 0 spiro atoms. The minimum atomic E-state index is -0.958. The predicted octanol–water partition coefficient (Wildman–Crippen LogP) is 4.63. The minimum absolute atomic E-state index is 0.124. The molecule has 0 aromatic heterocycles. The van der Waals surface area contributed by atoms with Gasteiger partial charge in [0, 0.05) is 0 Å². The van der Waals surface area contributed by atoms with E-state index in [0.717, 1.165) is 5.56 Å². The maximum atomic E-state index is 13.7. The Balaban J connectivity index is 2.41. The van der Waals surface area contributed by atoms with Gasteiger partial charge in [-0.3, -0.25) is 0 Å². The van der Waals surface area contributed by atoms with E-state index >= 15 is 0 Å². The summed E-state index contributed by atoms with van der Waals surface area (Å²) in [5.74, 6) is 0.191. The van der Waals surface area contributed by atoms with Crippen LogP contribution in [0.3, 0.4) is 0 Å². The molecular weight excluding hydrogens is 267 g/mol. The third kappa shape index (κ3) is 3.06. The van der Waals surface area contributed by atoms with Crippen LogP contribution < -0.4 is 4.74 Å². The van der Waals surface area contributed by atoms with Crippen LogP contribution in [0, 0.1) is 12.7 Å². The number of aryl methyl sites for hydroxylation is 1. The van der Waals surface area contributed by atoms with E-state index in [1.54, 1.807) is 18.2 Å². The Morgan fingerprint density at radius 2 is 1.95 bits per heavy atom. The summed E-state index contributed by atoms with van der Waals surface area (Å²) in [6, 6.07) is 9.74. The third-order valence-corrected chi connectivity index (χ3v) is 3.03. The van der Waals surface area contributed by atoms with Gasteiger partial charge in [0.25, 0.3) is 0 Å². The Bertz CT molecular complexity index is 597. The lowest BCUT2D eigenvalue weighted by Crippen LogP contribution is -2.00. The van der Waals surface area contributed by atoms with Gasteiger partial charge in [-0.25, -0.2) is 4.39 Å². The van der Waals surface area contributed by atoms with E-state index in [0.29, 0.717) is 10.8 Å². The highest BCUT2D eigenvalue weighted by Gasteiger charge is 2.16. The second-order valence-corrected chi connectivity index (χ2v) is 4.77. The highest BCUT2D eigenvalue weighted by atomic mass is 35.5. The van der Waals surface area contributed by atoms with Crippen molar-refractivity contribution in [1.29, 1.82) is 0 Å². The van der Waals surface area contributed by atoms with E-state index in [1.807, 2.05) is 13.0 Å². The zero-order valence-electron chi connectivity index (χ0n) is 10.7. The zero-order chi connectivity index (χ0) is 14.0. The van der Waals surface area contributed by atoms with Crippen molar-refractivity contribution in [2.24, 2.45) is 0 Å². The highest BCUT2D eigenvalue weighted by Crippen LogP contribution is 2.35. The summed E-state index contributed by atoms with van der Waals surface area (Å²) in [5.41, 5.74) is 1.13. The van der Waals surface area contributed by atoms with Gasteiger partial charge in [0.05, 0.1) is 16.7 Å². The first-order valence-electron chi connectivity index (χ1n) is 5.89. The van der Waals surface area contributed by atoms with Gasteiger partial charge in [-0.1, -0.05) is 23.7 Å². The second kappa shape index (κ2) is 5.59. The van der Waals surface area contributed by atoms with E-state index in [2.05, 4.69) is 0 Å². The molecule has 2 rings (SSSR count). The van der Waals surface area contributed by atoms with Gasteiger partial charge in [-0.05, 0) is 43.7 Å². The molecule has 0 heterocycles. The Labute approximate surface area is 116 Å². The molecule has 0 radical (unpaired) electrons. The van der Waals surface area contributed by atoms with Crippen LogP contribution in [0.5, 0.6) is 11.5 Å². The van der Waals surface area contributed by atoms with Crippen LogP contribution in [0.2, 0.25) is 5.02 Å². The van der Waals surface area contributed by atoms with Crippen LogP contribution in [-0.2, 0) is 0 Å². The third-order valence-electron chi connectivity index (χ3n) is 2.74. The van der Waals surface area contributed by atoms with Gasteiger partial charge in [0.2, 0.25) is 0 Å². The Morgan fingerprint density at radius 3 is 2.58 bits per heavy atom. The summed E-state index contributed by atoms with van der Waals surface area (Å²) in [6.45, 7) is 3.40. The van der Waals surface area contributed by atoms with Gasteiger partial charge >= 0.3 is 0 Å². The van der Waals surface area contributed by atoms with E-state index in [-0.39, 0.29) is 11.3 Å². The van der Waals surface area contributed by atoms with Crippen molar-refractivity contribution >= 4 is 11.6 Å². The quantitative estimate of drug-likeness (QED) is 0.888. The molecule has 0 saturated carbocycles. The van der Waals surface area contributed by atoms with Gasteiger partial charge in [0.1, 0.15) is 17.3 Å². The molecule has 1 N–H and O–H groups in total. The van der Waals surface area contributed by atoms with Crippen LogP contribution >= 0.6 is 11.6 Å². The first kappa shape index (κ1) is 13.8. The van der Waals surface area contributed by atoms with Crippen LogP contribution in [0.15, 0.2) is 36.4 Å². The van der Waals surface area contributed by atoms with Gasteiger partial charge in [0.15, 0.2) is 0 Å². The number of aliphatic hydroxyl groups excluding tert-OH is 1. The summed E-state index contributed by atoms with van der Waals surface area (Å²) >= 11 is 6.07. The lowest BCUT2D eigenvalue weighted by Gasteiger charge is -2.14. The van der Waals surface area contributed by atoms with Crippen molar-refractivity contribution in [2.75, 3.05) is 0 Å². The van der Waals surface area contributed by atoms with E-state index in [1.165, 1.54) is 19.1 Å². The Kier molecular flexibility index (Phi) is 4.08. The van der Waals surface area contributed by atoms with Crippen molar-refractivity contribution in [3.63, 3.8) is 0 Å². The molecule has 4 heteroatoms. The molecule has 0 aliphatic heterocycles. The fraction of sp³-hybridized carbons (Fsp3) is 0.200. The zero-order valence-corrected chi connectivity index (χ0v) is 11.4. The first-order valence-corrected chi connectivity index (χ1v) is 6.27. The SMILES string of the molecule is Cc1ccc(Oc2cccc(F)c2C(C)O)c(Cl)c1. The van der Waals surface area contributed by atoms with Gasteiger partial charge in [-0.15, -0.1) is 0 Å². The maximum Gasteiger partial charge on any atom is 0.146 e. The summed E-state index contributed by atoms with van der Waals surface area (Å²) < 4.78 is 19.3. The summed E-state index contributed by atoms with van der Waals surface area (Å²) in [7, 11) is 0. The molecule has 19 heavy (non-hydrogen) atoms. The number of halogens is 2. The van der Waals surface area contributed by atoms with Gasteiger partial charge in [-0.2, -0.15) is 0 Å². The minimum Gasteiger partial charge on any atom is -0.455 e.